The fourth-order valence-electron chi connectivity index (χ4n) is 1.31. The van der Waals surface area contributed by atoms with Gasteiger partial charge in [0.2, 0.25) is 0 Å². The van der Waals surface area contributed by atoms with Crippen molar-refractivity contribution in [2.75, 3.05) is 0 Å². The summed E-state index contributed by atoms with van der Waals surface area (Å²) in [5.41, 5.74) is 2.23. The van der Waals surface area contributed by atoms with Gasteiger partial charge in [0.25, 0.3) is 0 Å². The number of rotatable bonds is 4. The minimum atomic E-state index is -0.532. The normalized spacial score (nSPS) is 12.5. The second-order valence-electron chi connectivity index (χ2n) is 3.17. The van der Waals surface area contributed by atoms with E-state index in [1.807, 2.05) is 12.1 Å². The van der Waals surface area contributed by atoms with Gasteiger partial charge in [0.1, 0.15) is 0 Å². The average molecular weight is 176 g/mol. The minimum Gasteiger partial charge on any atom is -0.384 e. The summed E-state index contributed by atoms with van der Waals surface area (Å²) in [6.45, 7) is 5.70. The number of aliphatic hydroxyl groups is 1. The van der Waals surface area contributed by atoms with E-state index in [0.29, 0.717) is 0 Å². The van der Waals surface area contributed by atoms with Crippen LogP contribution in [0.2, 0.25) is 0 Å². The Kier molecular flexibility index (Phi) is 3.71. The lowest BCUT2D eigenvalue weighted by Gasteiger charge is -2.06. The highest BCUT2D eigenvalue weighted by atomic mass is 16.3. The Morgan fingerprint density at radius 3 is 2.46 bits per heavy atom. The summed E-state index contributed by atoms with van der Waals surface area (Å²) in [6, 6.07) is 8.03. The lowest BCUT2D eigenvalue weighted by atomic mass is 10.0. The van der Waals surface area contributed by atoms with Gasteiger partial charge in [0.15, 0.2) is 0 Å². The van der Waals surface area contributed by atoms with E-state index in [0.717, 1.165) is 18.4 Å². The Morgan fingerprint density at radius 1 is 1.38 bits per heavy atom. The Morgan fingerprint density at radius 2 is 2.00 bits per heavy atom. The molecule has 1 aromatic carbocycles. The van der Waals surface area contributed by atoms with Crippen molar-refractivity contribution < 1.29 is 5.11 Å². The summed E-state index contributed by atoms with van der Waals surface area (Å²) in [5.74, 6) is 0. The van der Waals surface area contributed by atoms with Crippen LogP contribution in [0.5, 0.6) is 0 Å². The molecule has 0 aromatic heterocycles. The molecule has 0 heterocycles. The largest absolute Gasteiger partial charge is 0.384 e. The zero-order valence-corrected chi connectivity index (χ0v) is 8.03. The number of hydrogen-bond acceptors (Lipinski definition) is 1. The third-order valence-corrected chi connectivity index (χ3v) is 2.08. The van der Waals surface area contributed by atoms with E-state index in [1.54, 1.807) is 0 Å². The molecule has 1 heteroatoms. The first-order valence-electron chi connectivity index (χ1n) is 4.67. The van der Waals surface area contributed by atoms with Crippen molar-refractivity contribution in [3.63, 3.8) is 0 Å². The maximum absolute atomic E-state index is 9.43. The van der Waals surface area contributed by atoms with E-state index in [-0.39, 0.29) is 0 Å². The predicted molar refractivity (Wildman–Crippen MR) is 55.6 cm³/mol. The molecule has 0 saturated heterocycles. The molecular formula is C12H16O. The zero-order valence-electron chi connectivity index (χ0n) is 8.03. The first kappa shape index (κ1) is 10.0. The molecule has 0 fully saturated rings. The number of hydrogen-bond donors (Lipinski definition) is 1. The van der Waals surface area contributed by atoms with Crippen LogP contribution in [0, 0.1) is 0 Å². The molecule has 1 nitrogen and oxygen atoms in total. The molecule has 13 heavy (non-hydrogen) atoms. The average Bonchev–Trinajstić information content (AvgIpc) is 2.18. The minimum absolute atomic E-state index is 0.532. The first-order valence-corrected chi connectivity index (χ1v) is 4.67. The highest BCUT2D eigenvalue weighted by Crippen LogP contribution is 2.14. The smallest absolute Gasteiger partial charge is 0.0969 e. The number of aliphatic hydroxyl groups excluding tert-OH is 1. The maximum Gasteiger partial charge on any atom is 0.0969 e. The third-order valence-electron chi connectivity index (χ3n) is 2.08. The summed E-state index contributed by atoms with van der Waals surface area (Å²) in [5, 5.41) is 9.43. The van der Waals surface area contributed by atoms with Crippen LogP contribution < -0.4 is 0 Å². The molecule has 0 aliphatic carbocycles. The lowest BCUT2D eigenvalue weighted by molar-refractivity contribution is 0.229. The molecule has 70 valence electrons. The zero-order chi connectivity index (χ0) is 9.68. The van der Waals surface area contributed by atoms with Crippen LogP contribution >= 0.6 is 0 Å². The summed E-state index contributed by atoms with van der Waals surface area (Å²) >= 11 is 0. The summed E-state index contributed by atoms with van der Waals surface area (Å²) in [6.07, 6.45) is 3.26. The molecular weight excluding hydrogens is 160 g/mol. The van der Waals surface area contributed by atoms with Gasteiger partial charge in [-0.1, -0.05) is 43.7 Å². The van der Waals surface area contributed by atoms with Crippen LogP contribution in [0.1, 0.15) is 30.6 Å². The van der Waals surface area contributed by atoms with Gasteiger partial charge < -0.3 is 5.11 Å². The van der Waals surface area contributed by atoms with Crippen LogP contribution in [-0.4, -0.2) is 5.11 Å². The van der Waals surface area contributed by atoms with Crippen molar-refractivity contribution >= 4 is 0 Å². The maximum atomic E-state index is 9.43. The molecule has 1 atom stereocenters. The van der Waals surface area contributed by atoms with Gasteiger partial charge in [0, 0.05) is 0 Å². The molecule has 0 aliphatic rings. The molecule has 1 aromatic rings. The first-order chi connectivity index (χ1) is 6.27. The van der Waals surface area contributed by atoms with Crippen LogP contribution in [0.15, 0.2) is 36.9 Å². The van der Waals surface area contributed by atoms with E-state index in [2.05, 4.69) is 25.6 Å². The van der Waals surface area contributed by atoms with Gasteiger partial charge in [-0.3, -0.25) is 0 Å². The molecule has 0 bridgehead atoms. The second kappa shape index (κ2) is 4.83. The van der Waals surface area contributed by atoms with Gasteiger partial charge >= 0.3 is 0 Å². The Hall–Kier alpha value is -1.08. The topological polar surface area (TPSA) is 20.2 Å². The van der Waals surface area contributed by atoms with Crippen molar-refractivity contribution in [2.45, 2.75) is 25.9 Å². The number of benzene rings is 1. The van der Waals surface area contributed by atoms with Crippen molar-refractivity contribution in [3.8, 4) is 0 Å². The summed E-state index contributed by atoms with van der Waals surface area (Å²) in [4.78, 5) is 0. The van der Waals surface area contributed by atoms with E-state index in [1.165, 1.54) is 11.6 Å². The predicted octanol–water partition coefficient (Wildman–Crippen LogP) is 2.86. The van der Waals surface area contributed by atoms with E-state index < -0.39 is 6.10 Å². The van der Waals surface area contributed by atoms with Crippen molar-refractivity contribution in [2.24, 2.45) is 0 Å². The van der Waals surface area contributed by atoms with Crippen LogP contribution in [0.25, 0.3) is 0 Å². The van der Waals surface area contributed by atoms with E-state index in [9.17, 15) is 5.11 Å². The van der Waals surface area contributed by atoms with Crippen molar-refractivity contribution in [3.05, 3.63) is 48.0 Å². The van der Waals surface area contributed by atoms with Crippen molar-refractivity contribution in [1.29, 1.82) is 0 Å². The molecule has 0 aliphatic heterocycles. The molecule has 1 unspecified atom stereocenters. The van der Waals surface area contributed by atoms with E-state index >= 15 is 0 Å². The Bertz CT molecular complexity index is 261. The third kappa shape index (κ3) is 2.71. The van der Waals surface area contributed by atoms with Crippen LogP contribution in [0.3, 0.4) is 0 Å². The molecule has 1 N–H and O–H groups in total. The van der Waals surface area contributed by atoms with Gasteiger partial charge in [-0.25, -0.2) is 0 Å². The monoisotopic (exact) mass is 176 g/mol. The van der Waals surface area contributed by atoms with Crippen LogP contribution in [-0.2, 0) is 6.42 Å². The van der Waals surface area contributed by atoms with E-state index in [4.69, 9.17) is 0 Å². The molecule has 0 amide bonds. The van der Waals surface area contributed by atoms with Gasteiger partial charge in [-0.2, -0.15) is 0 Å². The molecule has 0 saturated carbocycles. The fourth-order valence-corrected chi connectivity index (χ4v) is 1.31. The van der Waals surface area contributed by atoms with Gasteiger partial charge in [-0.15, -0.1) is 6.58 Å². The van der Waals surface area contributed by atoms with Gasteiger partial charge in [-0.05, 0) is 17.5 Å². The molecule has 1 rings (SSSR count). The Labute approximate surface area is 79.7 Å². The fraction of sp³-hybridized carbons (Fsp3) is 0.333. The quantitative estimate of drug-likeness (QED) is 0.699. The highest BCUT2D eigenvalue weighted by Gasteiger charge is 2.00. The lowest BCUT2D eigenvalue weighted by Crippen LogP contribution is -1.92. The Balaban J connectivity index is 2.74. The number of aryl methyl sites for hydroxylation is 1. The van der Waals surface area contributed by atoms with Crippen molar-refractivity contribution in [1.82, 2.24) is 0 Å². The highest BCUT2D eigenvalue weighted by molar-refractivity contribution is 5.25. The second-order valence-corrected chi connectivity index (χ2v) is 3.17. The van der Waals surface area contributed by atoms with Gasteiger partial charge in [0.05, 0.1) is 6.10 Å². The SMILES string of the molecule is C=CC(O)c1ccc(CCC)cc1. The molecule has 0 radical (unpaired) electrons. The summed E-state index contributed by atoms with van der Waals surface area (Å²) in [7, 11) is 0. The summed E-state index contributed by atoms with van der Waals surface area (Å²) < 4.78 is 0. The standard InChI is InChI=1S/C12H16O/c1-3-5-10-6-8-11(9-7-10)12(13)4-2/h4,6-9,12-13H,2-3,5H2,1H3. The van der Waals surface area contributed by atoms with Crippen LogP contribution in [0.4, 0.5) is 0 Å². The molecule has 0 spiro atoms.